The second-order valence-corrected chi connectivity index (χ2v) is 5.42. The number of rotatable bonds is 6. The fourth-order valence-corrected chi connectivity index (χ4v) is 2.67. The van der Waals surface area contributed by atoms with Gasteiger partial charge >= 0.3 is 17.2 Å². The molecule has 122 valence electrons. The summed E-state index contributed by atoms with van der Waals surface area (Å²) in [5.74, 6) is 0.561. The predicted octanol–water partition coefficient (Wildman–Crippen LogP) is 2.86. The third kappa shape index (κ3) is 4.23. The van der Waals surface area contributed by atoms with Crippen LogP contribution in [0.25, 0.3) is 0 Å². The smallest absolute Gasteiger partial charge is 0.340 e. The van der Waals surface area contributed by atoms with Gasteiger partial charge < -0.3 is 13.7 Å². The summed E-state index contributed by atoms with van der Waals surface area (Å²) in [7, 11) is 2.85. The quantitative estimate of drug-likeness (QED) is 0.822. The zero-order valence-electron chi connectivity index (χ0n) is 13.0. The van der Waals surface area contributed by atoms with Crippen LogP contribution < -0.4 is 13.6 Å². The first-order valence-corrected chi connectivity index (χ1v) is 7.81. The molecule has 1 N–H and O–H groups in total. The third-order valence-corrected chi connectivity index (χ3v) is 3.81. The highest BCUT2D eigenvalue weighted by Gasteiger charge is 2.16. The first kappa shape index (κ1) is 16.8. The molecule has 1 unspecified atom stereocenters. The Kier molecular flexibility index (Phi) is 5.59. The molecule has 0 bridgehead atoms. The molecule has 0 radical (unpaired) electrons. The largest absolute Gasteiger partial charge is 0.497 e. The maximum Gasteiger partial charge on any atom is 0.340 e. The van der Waals surface area contributed by atoms with Crippen LogP contribution >= 0.6 is 0 Å². The molecule has 2 aromatic carbocycles. The normalized spacial score (nSPS) is 11.4. The average molecular weight is 335 g/mol. The van der Waals surface area contributed by atoms with Crippen LogP contribution in [-0.2, 0) is 16.0 Å². The Balaban J connectivity index is 2.15. The molecule has 6 nitrogen and oxygen atoms in total. The molecule has 0 aliphatic carbocycles. The van der Waals surface area contributed by atoms with Gasteiger partial charge in [0.1, 0.15) is 11.5 Å². The van der Waals surface area contributed by atoms with Crippen molar-refractivity contribution in [2.45, 2.75) is 6.92 Å². The first-order valence-electron chi connectivity index (χ1n) is 6.74. The van der Waals surface area contributed by atoms with Crippen molar-refractivity contribution >= 4 is 22.9 Å². The maximum atomic E-state index is 12.1. The number of nitrogens with one attached hydrogen (secondary N) is 1. The highest BCUT2D eigenvalue weighted by Crippen LogP contribution is 2.23. The van der Waals surface area contributed by atoms with E-state index in [1.807, 2.05) is 0 Å². The minimum atomic E-state index is -1.87. The molecule has 2 aromatic rings. The molecule has 0 aliphatic heterocycles. The van der Waals surface area contributed by atoms with Crippen LogP contribution in [-0.4, -0.2) is 24.4 Å². The maximum absolute atomic E-state index is 12.1. The van der Waals surface area contributed by atoms with Gasteiger partial charge in [-0.1, -0.05) is 12.1 Å². The SMILES string of the molecule is COC(=O)c1cccc(C)c1NS(=O)Oc1ccc(OC)cc1. The van der Waals surface area contributed by atoms with E-state index in [2.05, 4.69) is 4.72 Å². The summed E-state index contributed by atoms with van der Waals surface area (Å²) < 4.78 is 29.9. The van der Waals surface area contributed by atoms with Gasteiger partial charge in [0.15, 0.2) is 0 Å². The standard InChI is InChI=1S/C16H17NO5S/c1-11-5-4-6-14(16(18)21-3)15(11)17-23(19)22-13-9-7-12(20-2)8-10-13/h4-10,17H,1-3H3. The van der Waals surface area contributed by atoms with Crippen molar-refractivity contribution < 1.29 is 22.7 Å². The van der Waals surface area contributed by atoms with Gasteiger partial charge in [-0.3, -0.25) is 4.72 Å². The molecule has 0 saturated heterocycles. The Morgan fingerprint density at radius 1 is 1.04 bits per heavy atom. The van der Waals surface area contributed by atoms with Crippen LogP contribution in [0, 0.1) is 6.92 Å². The van der Waals surface area contributed by atoms with Gasteiger partial charge in [-0.25, -0.2) is 4.79 Å². The summed E-state index contributed by atoms with van der Waals surface area (Å²) in [6.07, 6.45) is 0. The average Bonchev–Trinajstić information content (AvgIpc) is 2.56. The summed E-state index contributed by atoms with van der Waals surface area (Å²) in [4.78, 5) is 11.8. The lowest BCUT2D eigenvalue weighted by molar-refractivity contribution is 0.0602. The Hall–Kier alpha value is -2.54. The number of anilines is 1. The monoisotopic (exact) mass is 335 g/mol. The highest BCUT2D eigenvalue weighted by atomic mass is 32.2. The second kappa shape index (κ2) is 7.64. The van der Waals surface area contributed by atoms with Crippen molar-refractivity contribution in [3.63, 3.8) is 0 Å². The van der Waals surface area contributed by atoms with Crippen LogP contribution in [0.1, 0.15) is 15.9 Å². The Morgan fingerprint density at radius 3 is 2.30 bits per heavy atom. The number of ether oxygens (including phenoxy) is 2. The molecule has 1 atom stereocenters. The molecule has 7 heteroatoms. The fourth-order valence-electron chi connectivity index (χ4n) is 1.91. The van der Waals surface area contributed by atoms with E-state index in [9.17, 15) is 9.00 Å². The molecule has 0 aromatic heterocycles. The molecule has 23 heavy (non-hydrogen) atoms. The van der Waals surface area contributed by atoms with E-state index < -0.39 is 17.2 Å². The Bertz CT molecular complexity index is 715. The lowest BCUT2D eigenvalue weighted by Crippen LogP contribution is -2.15. The van der Waals surface area contributed by atoms with Crippen molar-refractivity contribution in [1.82, 2.24) is 0 Å². The minimum absolute atomic E-state index is 0.291. The molecule has 0 spiro atoms. The van der Waals surface area contributed by atoms with Crippen LogP contribution in [0.5, 0.6) is 11.5 Å². The number of carbonyl (C=O) groups excluding carboxylic acids is 1. The zero-order chi connectivity index (χ0) is 16.8. The molecule has 0 amide bonds. The number of hydrogen-bond donors (Lipinski definition) is 1. The molecule has 0 heterocycles. The summed E-state index contributed by atoms with van der Waals surface area (Å²) in [5.41, 5.74) is 1.45. The van der Waals surface area contributed by atoms with Crippen LogP contribution in [0.15, 0.2) is 42.5 Å². The molecule has 0 saturated carbocycles. The second-order valence-electron chi connectivity index (χ2n) is 4.58. The van der Waals surface area contributed by atoms with E-state index in [-0.39, 0.29) is 0 Å². The van der Waals surface area contributed by atoms with Gasteiger partial charge in [0.05, 0.1) is 25.5 Å². The first-order chi connectivity index (χ1) is 11.0. The van der Waals surface area contributed by atoms with Crippen molar-refractivity contribution in [3.05, 3.63) is 53.6 Å². The lowest BCUT2D eigenvalue weighted by atomic mass is 10.1. The molecular formula is C16H17NO5S. The van der Waals surface area contributed by atoms with Crippen molar-refractivity contribution in [3.8, 4) is 11.5 Å². The van der Waals surface area contributed by atoms with Gasteiger partial charge in [-0.2, -0.15) is 4.21 Å². The van der Waals surface area contributed by atoms with E-state index in [1.165, 1.54) is 7.11 Å². The number of aryl methyl sites for hydroxylation is 1. The predicted molar refractivity (Wildman–Crippen MR) is 87.9 cm³/mol. The number of carbonyl (C=O) groups is 1. The summed E-state index contributed by atoms with van der Waals surface area (Å²) in [6.45, 7) is 1.79. The molecule has 2 rings (SSSR count). The van der Waals surface area contributed by atoms with Gasteiger partial charge in [0.2, 0.25) is 0 Å². The summed E-state index contributed by atoms with van der Waals surface area (Å²) in [5, 5.41) is 0. The van der Waals surface area contributed by atoms with Gasteiger partial charge in [-0.05, 0) is 42.8 Å². The van der Waals surface area contributed by atoms with Crippen LogP contribution in [0.2, 0.25) is 0 Å². The highest BCUT2D eigenvalue weighted by molar-refractivity contribution is 7.82. The van der Waals surface area contributed by atoms with Gasteiger partial charge in [-0.15, -0.1) is 0 Å². The van der Waals surface area contributed by atoms with Gasteiger partial charge in [0, 0.05) is 0 Å². The van der Waals surface area contributed by atoms with E-state index in [4.69, 9.17) is 13.7 Å². The topological polar surface area (TPSA) is 73.9 Å². The summed E-state index contributed by atoms with van der Waals surface area (Å²) in [6, 6.07) is 11.8. The van der Waals surface area contributed by atoms with E-state index >= 15 is 0 Å². The number of esters is 1. The lowest BCUT2D eigenvalue weighted by Gasteiger charge is -2.13. The minimum Gasteiger partial charge on any atom is -0.497 e. The third-order valence-electron chi connectivity index (χ3n) is 3.09. The molecule has 0 aliphatic rings. The zero-order valence-corrected chi connectivity index (χ0v) is 13.8. The van der Waals surface area contributed by atoms with E-state index in [0.717, 1.165) is 5.56 Å². The Morgan fingerprint density at radius 2 is 1.70 bits per heavy atom. The Labute approximate surface area is 137 Å². The molecule has 0 fully saturated rings. The van der Waals surface area contributed by atoms with Crippen LogP contribution in [0.3, 0.4) is 0 Å². The number of para-hydroxylation sites is 1. The van der Waals surface area contributed by atoms with Crippen molar-refractivity contribution in [2.24, 2.45) is 0 Å². The number of methoxy groups -OCH3 is 2. The number of benzene rings is 2. The van der Waals surface area contributed by atoms with Crippen molar-refractivity contribution in [1.29, 1.82) is 0 Å². The van der Waals surface area contributed by atoms with Crippen LogP contribution in [0.4, 0.5) is 5.69 Å². The number of hydrogen-bond acceptors (Lipinski definition) is 5. The van der Waals surface area contributed by atoms with E-state index in [1.54, 1.807) is 56.5 Å². The van der Waals surface area contributed by atoms with Gasteiger partial charge in [0.25, 0.3) is 0 Å². The van der Waals surface area contributed by atoms with Crippen molar-refractivity contribution in [2.75, 3.05) is 18.9 Å². The fraction of sp³-hybridized carbons (Fsp3) is 0.188. The summed E-state index contributed by atoms with van der Waals surface area (Å²) >= 11 is -1.87. The molecular weight excluding hydrogens is 318 g/mol. The van der Waals surface area contributed by atoms with E-state index in [0.29, 0.717) is 22.7 Å².